The summed E-state index contributed by atoms with van der Waals surface area (Å²) in [5.41, 5.74) is 1.000. The summed E-state index contributed by atoms with van der Waals surface area (Å²) in [6.45, 7) is 4.41. The Morgan fingerprint density at radius 3 is 2.60 bits per heavy atom. The molecule has 0 bridgehead atoms. The molecule has 0 spiro atoms. The Hall–Kier alpha value is -2.26. The minimum absolute atomic E-state index is 0.220. The molecule has 0 aliphatic rings. The molecule has 0 saturated heterocycles. The van der Waals surface area contributed by atoms with E-state index in [4.69, 9.17) is 12.2 Å². The van der Waals surface area contributed by atoms with E-state index in [1.165, 1.54) is 0 Å². The molecule has 2 aromatic rings. The molecule has 1 heterocycles. The van der Waals surface area contributed by atoms with E-state index < -0.39 is 12.1 Å². The summed E-state index contributed by atoms with van der Waals surface area (Å²) in [6, 6.07) is 8.50. The number of benzene rings is 1. The summed E-state index contributed by atoms with van der Waals surface area (Å²) in [5.74, 6) is 0.0302. The van der Waals surface area contributed by atoms with Crippen LogP contribution in [0.4, 0.5) is 9.93 Å². The maximum absolute atomic E-state index is 12.5. The van der Waals surface area contributed by atoms with E-state index in [0.29, 0.717) is 22.1 Å². The molecule has 9 heteroatoms. The number of aromatic nitrogens is 2. The molecule has 0 aliphatic heterocycles. The number of amides is 3. The van der Waals surface area contributed by atoms with Crippen LogP contribution in [-0.2, 0) is 11.3 Å². The molecular formula is C16H21N5O2S2. The second-order valence-corrected chi connectivity index (χ2v) is 7.57. The van der Waals surface area contributed by atoms with Gasteiger partial charge in [-0.05, 0) is 30.1 Å². The fourth-order valence-electron chi connectivity index (χ4n) is 2.19. The third-order valence-corrected chi connectivity index (χ3v) is 4.30. The monoisotopic (exact) mass is 379 g/mol. The highest BCUT2D eigenvalue weighted by Crippen LogP contribution is 2.11. The summed E-state index contributed by atoms with van der Waals surface area (Å²) in [7, 11) is 0. The first-order valence-corrected chi connectivity index (χ1v) is 9.11. The van der Waals surface area contributed by atoms with Crippen LogP contribution in [0.5, 0.6) is 0 Å². The lowest BCUT2D eigenvalue weighted by atomic mass is 10.0. The average molecular weight is 380 g/mol. The zero-order valence-electron chi connectivity index (χ0n) is 14.0. The smallest absolute Gasteiger partial charge is 0.321 e. The summed E-state index contributed by atoms with van der Waals surface area (Å²) < 4.78 is 0.467. The van der Waals surface area contributed by atoms with Gasteiger partial charge in [-0.1, -0.05) is 55.5 Å². The van der Waals surface area contributed by atoms with Gasteiger partial charge in [0.1, 0.15) is 6.04 Å². The molecule has 3 amide bonds. The maximum Gasteiger partial charge on any atom is 0.321 e. The highest BCUT2D eigenvalue weighted by atomic mass is 32.1. The molecular weight excluding hydrogens is 358 g/mol. The van der Waals surface area contributed by atoms with E-state index in [0.717, 1.165) is 16.9 Å². The summed E-state index contributed by atoms with van der Waals surface area (Å²) in [5, 5.41) is 14.9. The topological polar surface area (TPSA) is 98.9 Å². The van der Waals surface area contributed by atoms with Crippen LogP contribution in [0.1, 0.15) is 25.8 Å². The van der Waals surface area contributed by atoms with Crippen LogP contribution in [0.2, 0.25) is 0 Å². The van der Waals surface area contributed by atoms with Crippen LogP contribution < -0.4 is 16.0 Å². The summed E-state index contributed by atoms with van der Waals surface area (Å²) >= 11 is 6.07. The number of aromatic amines is 1. The SMILES string of the molecule is CC(C)CC(NC(=O)Nc1n[nH]c(=S)s1)C(=O)NCc1ccccc1. The molecule has 1 aromatic carbocycles. The number of nitrogens with zero attached hydrogens (tertiary/aromatic N) is 1. The number of carbonyl (C=O) groups excluding carboxylic acids is 2. The molecule has 1 atom stereocenters. The van der Waals surface area contributed by atoms with Crippen molar-refractivity contribution < 1.29 is 9.59 Å². The minimum Gasteiger partial charge on any atom is -0.350 e. The summed E-state index contributed by atoms with van der Waals surface area (Å²) in [4.78, 5) is 24.6. The zero-order valence-corrected chi connectivity index (χ0v) is 15.7. The van der Waals surface area contributed by atoms with Gasteiger partial charge in [0.15, 0.2) is 3.95 Å². The van der Waals surface area contributed by atoms with Gasteiger partial charge in [0, 0.05) is 6.54 Å². The summed E-state index contributed by atoms with van der Waals surface area (Å²) in [6.07, 6.45) is 0.532. The number of carbonyl (C=O) groups is 2. The number of anilines is 1. The zero-order chi connectivity index (χ0) is 18.2. The van der Waals surface area contributed by atoms with Crippen LogP contribution >= 0.6 is 23.6 Å². The van der Waals surface area contributed by atoms with Gasteiger partial charge < -0.3 is 10.6 Å². The second kappa shape index (κ2) is 9.28. The number of hydrogen-bond donors (Lipinski definition) is 4. The van der Waals surface area contributed by atoms with Crippen molar-refractivity contribution in [1.29, 1.82) is 0 Å². The van der Waals surface area contributed by atoms with Gasteiger partial charge in [-0.15, -0.1) is 5.10 Å². The molecule has 1 aromatic heterocycles. The fraction of sp³-hybridized carbons (Fsp3) is 0.375. The maximum atomic E-state index is 12.5. The molecule has 0 radical (unpaired) electrons. The Labute approximate surface area is 155 Å². The van der Waals surface area contributed by atoms with Crippen molar-refractivity contribution in [3.63, 3.8) is 0 Å². The van der Waals surface area contributed by atoms with Gasteiger partial charge in [-0.25, -0.2) is 4.79 Å². The van der Waals surface area contributed by atoms with Crippen molar-refractivity contribution in [2.75, 3.05) is 5.32 Å². The van der Waals surface area contributed by atoms with Gasteiger partial charge in [0.25, 0.3) is 0 Å². The molecule has 2 rings (SSSR count). The first-order chi connectivity index (χ1) is 11.9. The molecule has 25 heavy (non-hydrogen) atoms. The van der Waals surface area contributed by atoms with Crippen LogP contribution in [0, 0.1) is 9.87 Å². The van der Waals surface area contributed by atoms with Gasteiger partial charge in [-0.2, -0.15) is 0 Å². The van der Waals surface area contributed by atoms with Gasteiger partial charge in [0.05, 0.1) is 0 Å². The lowest BCUT2D eigenvalue weighted by Gasteiger charge is -2.20. The van der Waals surface area contributed by atoms with Crippen LogP contribution in [0.25, 0.3) is 0 Å². The Morgan fingerprint density at radius 2 is 2.00 bits per heavy atom. The largest absolute Gasteiger partial charge is 0.350 e. The lowest BCUT2D eigenvalue weighted by molar-refractivity contribution is -0.123. The Bertz CT molecular complexity index is 757. The standard InChI is InChI=1S/C16H21N5O2S2/c1-10(2)8-12(13(22)17-9-11-6-4-3-5-7-11)18-14(23)19-15-20-21-16(24)25-15/h3-7,10,12H,8-9H2,1-2H3,(H,17,22)(H,21,24)(H2,18,19,20,23). The van der Waals surface area contributed by atoms with E-state index in [1.807, 2.05) is 44.2 Å². The molecule has 0 fully saturated rings. The Balaban J connectivity index is 1.93. The second-order valence-electron chi connectivity index (χ2n) is 5.90. The van der Waals surface area contributed by atoms with Crippen molar-refractivity contribution in [3.05, 3.63) is 39.8 Å². The molecule has 1 unspecified atom stereocenters. The van der Waals surface area contributed by atoms with Crippen molar-refractivity contribution in [2.45, 2.75) is 32.9 Å². The number of urea groups is 1. The van der Waals surface area contributed by atoms with Crippen molar-refractivity contribution in [2.24, 2.45) is 5.92 Å². The van der Waals surface area contributed by atoms with E-state index in [1.54, 1.807) is 0 Å². The van der Waals surface area contributed by atoms with Crippen molar-refractivity contribution in [3.8, 4) is 0 Å². The number of nitrogens with one attached hydrogen (secondary N) is 4. The fourth-order valence-corrected chi connectivity index (χ4v) is 2.97. The quantitative estimate of drug-likeness (QED) is 0.556. The van der Waals surface area contributed by atoms with Crippen molar-refractivity contribution >= 4 is 40.6 Å². The molecule has 4 N–H and O–H groups in total. The number of rotatable bonds is 7. The third-order valence-electron chi connectivity index (χ3n) is 3.30. The predicted molar refractivity (Wildman–Crippen MR) is 101 cm³/mol. The van der Waals surface area contributed by atoms with E-state index in [-0.39, 0.29) is 11.8 Å². The van der Waals surface area contributed by atoms with E-state index in [2.05, 4.69) is 26.1 Å². The van der Waals surface area contributed by atoms with Crippen LogP contribution in [0.15, 0.2) is 30.3 Å². The number of H-pyrrole nitrogens is 1. The first kappa shape index (κ1) is 19.1. The van der Waals surface area contributed by atoms with Crippen LogP contribution in [0.3, 0.4) is 0 Å². The number of hydrogen-bond acceptors (Lipinski definition) is 5. The minimum atomic E-state index is -0.629. The Kier molecular flexibility index (Phi) is 7.08. The molecule has 7 nitrogen and oxygen atoms in total. The predicted octanol–water partition coefficient (Wildman–Crippen LogP) is 3.05. The highest BCUT2D eigenvalue weighted by Gasteiger charge is 2.22. The van der Waals surface area contributed by atoms with Gasteiger partial charge >= 0.3 is 6.03 Å². The van der Waals surface area contributed by atoms with Crippen LogP contribution in [-0.4, -0.2) is 28.2 Å². The highest BCUT2D eigenvalue weighted by molar-refractivity contribution is 7.73. The van der Waals surface area contributed by atoms with E-state index in [9.17, 15) is 9.59 Å². The molecule has 0 saturated carbocycles. The molecule has 134 valence electrons. The van der Waals surface area contributed by atoms with E-state index >= 15 is 0 Å². The molecule has 0 aliphatic carbocycles. The first-order valence-electron chi connectivity index (χ1n) is 7.88. The van der Waals surface area contributed by atoms with Gasteiger partial charge in [0.2, 0.25) is 11.0 Å². The normalized spacial score (nSPS) is 11.8. The van der Waals surface area contributed by atoms with Crippen molar-refractivity contribution in [1.82, 2.24) is 20.8 Å². The lowest BCUT2D eigenvalue weighted by Crippen LogP contribution is -2.48. The third kappa shape index (κ3) is 6.63. The average Bonchev–Trinajstić information content (AvgIpc) is 2.97. The Morgan fingerprint density at radius 1 is 1.28 bits per heavy atom. The van der Waals surface area contributed by atoms with Gasteiger partial charge in [-0.3, -0.25) is 15.2 Å².